The number of ether oxygens (including phenoxy) is 2. The van der Waals surface area contributed by atoms with E-state index < -0.39 is 0 Å². The van der Waals surface area contributed by atoms with Crippen LogP contribution in [0.15, 0.2) is 24.5 Å². The molecule has 1 aliphatic heterocycles. The summed E-state index contributed by atoms with van der Waals surface area (Å²) >= 11 is 0. The summed E-state index contributed by atoms with van der Waals surface area (Å²) in [6, 6.07) is 5.54. The van der Waals surface area contributed by atoms with Gasteiger partial charge in [0.05, 0.1) is 6.33 Å². The number of hydrogen-bond acceptors (Lipinski definition) is 7. The summed E-state index contributed by atoms with van der Waals surface area (Å²) in [5.41, 5.74) is 7.68. The minimum Gasteiger partial charge on any atom is -0.454 e. The molecule has 3 heterocycles. The molecule has 4 rings (SSSR count). The van der Waals surface area contributed by atoms with Crippen molar-refractivity contribution in [1.29, 1.82) is 0 Å². The number of H-pyrrole nitrogens is 1. The smallest absolute Gasteiger partial charge is 0.231 e. The van der Waals surface area contributed by atoms with Crippen molar-refractivity contribution in [1.82, 2.24) is 19.9 Å². The van der Waals surface area contributed by atoms with Crippen LogP contribution in [0.25, 0.3) is 11.2 Å². The van der Waals surface area contributed by atoms with Gasteiger partial charge < -0.3 is 25.5 Å². The van der Waals surface area contributed by atoms with Crippen molar-refractivity contribution in [3.8, 4) is 11.5 Å². The van der Waals surface area contributed by atoms with E-state index in [1.165, 1.54) is 0 Å². The molecule has 0 bridgehead atoms. The van der Waals surface area contributed by atoms with Gasteiger partial charge in [-0.1, -0.05) is 0 Å². The lowest BCUT2D eigenvalue weighted by Crippen LogP contribution is -2.01. The van der Waals surface area contributed by atoms with Crippen LogP contribution in [-0.4, -0.2) is 26.7 Å². The van der Waals surface area contributed by atoms with E-state index in [0.717, 1.165) is 11.4 Å². The van der Waals surface area contributed by atoms with Gasteiger partial charge in [-0.3, -0.25) is 0 Å². The summed E-state index contributed by atoms with van der Waals surface area (Å²) in [5.74, 6) is 2.14. The molecule has 8 nitrogen and oxygen atoms in total. The summed E-state index contributed by atoms with van der Waals surface area (Å²) in [5, 5.41) is 3.17. The molecule has 0 saturated carbocycles. The van der Waals surface area contributed by atoms with Crippen LogP contribution in [0.5, 0.6) is 11.5 Å². The summed E-state index contributed by atoms with van der Waals surface area (Å²) in [4.78, 5) is 15.3. The molecule has 0 aliphatic carbocycles. The van der Waals surface area contributed by atoms with E-state index in [1.807, 2.05) is 18.2 Å². The molecule has 3 aromatic rings. The molecule has 0 amide bonds. The lowest BCUT2D eigenvalue weighted by molar-refractivity contribution is 0.174. The standard InChI is InChI=1S/C12H10N6O2/c13-12-17-10-9(14-4-15-10)11(18-12)16-6-1-2-7-8(3-6)20-5-19-7/h1-4H,5H2,(H4,13,14,15,16,17,18). The van der Waals surface area contributed by atoms with Crippen molar-refractivity contribution in [3.63, 3.8) is 0 Å². The van der Waals surface area contributed by atoms with Crippen molar-refractivity contribution in [3.05, 3.63) is 24.5 Å². The highest BCUT2D eigenvalue weighted by molar-refractivity contribution is 5.86. The van der Waals surface area contributed by atoms with Crippen molar-refractivity contribution < 1.29 is 9.47 Å². The molecule has 0 radical (unpaired) electrons. The fourth-order valence-electron chi connectivity index (χ4n) is 2.05. The highest BCUT2D eigenvalue weighted by Crippen LogP contribution is 2.35. The van der Waals surface area contributed by atoms with E-state index in [0.29, 0.717) is 22.7 Å². The van der Waals surface area contributed by atoms with Crippen molar-refractivity contribution in [2.75, 3.05) is 17.8 Å². The number of imidazole rings is 1. The van der Waals surface area contributed by atoms with E-state index in [-0.39, 0.29) is 12.7 Å². The molecule has 0 unspecified atom stereocenters. The second-order valence-electron chi connectivity index (χ2n) is 4.22. The lowest BCUT2D eigenvalue weighted by atomic mass is 10.2. The van der Waals surface area contributed by atoms with Crippen LogP contribution < -0.4 is 20.5 Å². The zero-order valence-electron chi connectivity index (χ0n) is 10.3. The van der Waals surface area contributed by atoms with Gasteiger partial charge in [0.25, 0.3) is 0 Å². The average molecular weight is 270 g/mol. The SMILES string of the molecule is Nc1nc(Nc2ccc3c(c2)OCO3)c2[nH]cnc2n1. The predicted molar refractivity (Wildman–Crippen MR) is 71.9 cm³/mol. The monoisotopic (exact) mass is 270 g/mol. The zero-order valence-corrected chi connectivity index (χ0v) is 10.3. The largest absolute Gasteiger partial charge is 0.454 e. The number of anilines is 3. The summed E-state index contributed by atoms with van der Waals surface area (Å²) in [6.07, 6.45) is 1.55. The van der Waals surface area contributed by atoms with E-state index in [9.17, 15) is 0 Å². The Balaban J connectivity index is 1.75. The minimum atomic E-state index is 0.160. The van der Waals surface area contributed by atoms with Gasteiger partial charge in [0.15, 0.2) is 23.0 Å². The maximum Gasteiger partial charge on any atom is 0.231 e. The van der Waals surface area contributed by atoms with Crippen molar-refractivity contribution in [2.45, 2.75) is 0 Å². The van der Waals surface area contributed by atoms with Gasteiger partial charge in [0.1, 0.15) is 5.52 Å². The maximum atomic E-state index is 5.67. The second kappa shape index (κ2) is 3.98. The Morgan fingerprint density at radius 1 is 1.20 bits per heavy atom. The molecule has 1 aromatic carbocycles. The van der Waals surface area contributed by atoms with Crippen LogP contribution in [0.4, 0.5) is 17.5 Å². The molecule has 1 aliphatic rings. The third kappa shape index (κ3) is 1.66. The number of nitrogens with one attached hydrogen (secondary N) is 2. The first-order valence-corrected chi connectivity index (χ1v) is 5.93. The minimum absolute atomic E-state index is 0.160. The Bertz CT molecular complexity index is 800. The number of nitrogens with two attached hydrogens (primary N) is 1. The fourth-order valence-corrected chi connectivity index (χ4v) is 2.05. The highest BCUT2D eigenvalue weighted by Gasteiger charge is 2.14. The highest BCUT2D eigenvalue weighted by atomic mass is 16.7. The first-order valence-electron chi connectivity index (χ1n) is 5.93. The van der Waals surface area contributed by atoms with E-state index in [2.05, 4.69) is 25.3 Å². The van der Waals surface area contributed by atoms with Crippen LogP contribution in [0.2, 0.25) is 0 Å². The molecule has 8 heteroatoms. The molecule has 0 spiro atoms. The number of aromatic amines is 1. The molecule has 100 valence electrons. The van der Waals surface area contributed by atoms with Gasteiger partial charge in [-0.15, -0.1) is 0 Å². The molecular formula is C12H10N6O2. The molecule has 0 saturated heterocycles. The molecule has 20 heavy (non-hydrogen) atoms. The number of nitrogen functional groups attached to an aromatic ring is 1. The quantitative estimate of drug-likeness (QED) is 0.645. The number of fused-ring (bicyclic) bond motifs is 2. The van der Waals surface area contributed by atoms with Crippen molar-refractivity contribution >= 4 is 28.6 Å². The summed E-state index contributed by atoms with van der Waals surface area (Å²) < 4.78 is 10.6. The Morgan fingerprint density at radius 2 is 2.10 bits per heavy atom. The molecule has 0 fully saturated rings. The number of aromatic nitrogens is 4. The van der Waals surface area contributed by atoms with Crippen molar-refractivity contribution in [2.24, 2.45) is 0 Å². The maximum absolute atomic E-state index is 5.67. The Hall–Kier alpha value is -3.03. The van der Waals surface area contributed by atoms with E-state index in [4.69, 9.17) is 15.2 Å². The number of nitrogens with zero attached hydrogens (tertiary/aromatic N) is 3. The molecule has 0 atom stereocenters. The first kappa shape index (κ1) is 10.9. The Kier molecular flexibility index (Phi) is 2.16. The van der Waals surface area contributed by atoms with Gasteiger partial charge in [-0.2, -0.15) is 9.97 Å². The van der Waals surface area contributed by atoms with Gasteiger partial charge in [-0.25, -0.2) is 4.98 Å². The van der Waals surface area contributed by atoms with Gasteiger partial charge in [0.2, 0.25) is 12.7 Å². The number of rotatable bonds is 2. The normalized spacial score (nSPS) is 12.8. The van der Waals surface area contributed by atoms with E-state index in [1.54, 1.807) is 6.33 Å². The second-order valence-corrected chi connectivity index (χ2v) is 4.22. The van der Waals surface area contributed by atoms with Gasteiger partial charge in [-0.05, 0) is 12.1 Å². The third-order valence-corrected chi connectivity index (χ3v) is 2.94. The molecular weight excluding hydrogens is 260 g/mol. The van der Waals surface area contributed by atoms with Crippen LogP contribution in [0.3, 0.4) is 0 Å². The molecule has 2 aromatic heterocycles. The van der Waals surface area contributed by atoms with E-state index >= 15 is 0 Å². The van der Waals surface area contributed by atoms with Crippen LogP contribution in [-0.2, 0) is 0 Å². The summed E-state index contributed by atoms with van der Waals surface area (Å²) in [6.45, 7) is 0.240. The predicted octanol–water partition coefficient (Wildman–Crippen LogP) is 1.41. The molecule has 4 N–H and O–H groups in total. The topological polar surface area (TPSA) is 111 Å². The van der Waals surface area contributed by atoms with Crippen LogP contribution in [0, 0.1) is 0 Å². The lowest BCUT2D eigenvalue weighted by Gasteiger charge is -2.07. The Labute approximate surface area is 113 Å². The Morgan fingerprint density at radius 3 is 3.05 bits per heavy atom. The number of benzene rings is 1. The van der Waals surface area contributed by atoms with Crippen LogP contribution >= 0.6 is 0 Å². The van der Waals surface area contributed by atoms with Crippen LogP contribution in [0.1, 0.15) is 0 Å². The fraction of sp³-hybridized carbons (Fsp3) is 0.0833. The van der Waals surface area contributed by atoms with Gasteiger partial charge in [0, 0.05) is 11.8 Å². The summed E-state index contributed by atoms with van der Waals surface area (Å²) in [7, 11) is 0. The average Bonchev–Trinajstić information content (AvgIpc) is 3.05. The van der Waals surface area contributed by atoms with Gasteiger partial charge >= 0.3 is 0 Å². The first-order chi connectivity index (χ1) is 9.79. The zero-order chi connectivity index (χ0) is 13.5. The third-order valence-electron chi connectivity index (χ3n) is 2.94. The number of hydrogen-bond donors (Lipinski definition) is 3.